The molecule has 0 saturated carbocycles. The molecule has 0 amide bonds. The monoisotopic (exact) mass is 142 g/mol. The fourth-order valence-corrected chi connectivity index (χ4v) is 0.602. The third-order valence-corrected chi connectivity index (χ3v) is 1.78. The van der Waals surface area contributed by atoms with Crippen molar-refractivity contribution in [3.63, 3.8) is 0 Å². The minimum atomic E-state index is -0.814. The van der Waals surface area contributed by atoms with Gasteiger partial charge in [0.1, 0.15) is 0 Å². The molecule has 0 bridgehead atoms. The number of hydrogen-bond acceptors (Lipinski definition) is 1. The van der Waals surface area contributed by atoms with Gasteiger partial charge in [0.25, 0.3) is 0 Å². The Hall–Kier alpha value is -0.790. The molecule has 0 atom stereocenters. The zero-order valence-electron chi connectivity index (χ0n) is 6.93. The molecule has 0 aliphatic carbocycles. The van der Waals surface area contributed by atoms with Gasteiger partial charge in [0.15, 0.2) is 0 Å². The molecule has 0 radical (unpaired) electrons. The van der Waals surface area contributed by atoms with Crippen LogP contribution in [-0.2, 0) is 4.79 Å². The first-order chi connectivity index (χ1) is 4.46. The lowest BCUT2D eigenvalue weighted by molar-refractivity contribution is -0.132. The van der Waals surface area contributed by atoms with Crippen LogP contribution in [0.5, 0.6) is 0 Å². The van der Waals surface area contributed by atoms with Crippen molar-refractivity contribution in [3.8, 4) is 0 Å². The molecule has 10 heavy (non-hydrogen) atoms. The maximum Gasteiger partial charge on any atom is 0.331 e. The van der Waals surface area contributed by atoms with Gasteiger partial charge in [-0.2, -0.15) is 0 Å². The summed E-state index contributed by atoms with van der Waals surface area (Å²) in [5.41, 5.74) is 1.42. The van der Waals surface area contributed by atoms with Crippen LogP contribution in [0.25, 0.3) is 0 Å². The lowest BCUT2D eigenvalue weighted by Crippen LogP contribution is -2.02. The van der Waals surface area contributed by atoms with Gasteiger partial charge in [-0.3, -0.25) is 0 Å². The quantitative estimate of drug-likeness (QED) is 0.599. The molecule has 0 aliphatic rings. The zero-order chi connectivity index (χ0) is 8.31. The highest BCUT2D eigenvalue weighted by molar-refractivity contribution is 5.86. The van der Waals surface area contributed by atoms with Crippen LogP contribution >= 0.6 is 0 Å². The molecule has 0 aromatic carbocycles. The molecule has 0 aromatic rings. The van der Waals surface area contributed by atoms with Crippen LogP contribution in [0.2, 0.25) is 0 Å². The van der Waals surface area contributed by atoms with Gasteiger partial charge in [0, 0.05) is 5.57 Å². The van der Waals surface area contributed by atoms with Crippen molar-refractivity contribution in [1.82, 2.24) is 0 Å². The number of allylic oxidation sites excluding steroid dienone is 1. The van der Waals surface area contributed by atoms with Crippen molar-refractivity contribution in [3.05, 3.63) is 11.1 Å². The largest absolute Gasteiger partial charge is 0.478 e. The van der Waals surface area contributed by atoms with E-state index in [1.54, 1.807) is 6.92 Å². The van der Waals surface area contributed by atoms with Crippen molar-refractivity contribution in [2.24, 2.45) is 5.92 Å². The molecule has 0 rings (SSSR count). The highest BCUT2D eigenvalue weighted by Gasteiger charge is 2.06. The molecule has 2 heteroatoms. The van der Waals surface area contributed by atoms with E-state index < -0.39 is 5.97 Å². The maximum atomic E-state index is 10.4. The van der Waals surface area contributed by atoms with E-state index in [1.165, 1.54) is 0 Å². The van der Waals surface area contributed by atoms with Crippen molar-refractivity contribution in [1.29, 1.82) is 0 Å². The van der Waals surface area contributed by atoms with E-state index in [2.05, 4.69) is 0 Å². The molecular weight excluding hydrogens is 128 g/mol. The molecule has 0 aliphatic heterocycles. The molecule has 1 N–H and O–H groups in total. The summed E-state index contributed by atoms with van der Waals surface area (Å²) in [7, 11) is 0. The van der Waals surface area contributed by atoms with E-state index in [1.807, 2.05) is 20.8 Å². The van der Waals surface area contributed by atoms with Gasteiger partial charge < -0.3 is 5.11 Å². The van der Waals surface area contributed by atoms with Crippen molar-refractivity contribution < 1.29 is 9.90 Å². The number of carbonyl (C=O) groups is 1. The second-order valence-corrected chi connectivity index (χ2v) is 2.77. The Labute approximate surface area is 61.6 Å². The molecule has 0 spiro atoms. The van der Waals surface area contributed by atoms with Crippen LogP contribution < -0.4 is 0 Å². The number of hydrogen-bond donors (Lipinski definition) is 1. The molecule has 0 saturated heterocycles. The van der Waals surface area contributed by atoms with Gasteiger partial charge >= 0.3 is 5.97 Å². The smallest absolute Gasteiger partial charge is 0.331 e. The minimum Gasteiger partial charge on any atom is -0.478 e. The second kappa shape index (κ2) is 3.40. The maximum absolute atomic E-state index is 10.4. The second-order valence-electron chi connectivity index (χ2n) is 2.77. The summed E-state index contributed by atoms with van der Waals surface area (Å²) < 4.78 is 0. The number of carboxylic acid groups (broad SMARTS) is 1. The van der Waals surface area contributed by atoms with Crippen molar-refractivity contribution in [2.75, 3.05) is 0 Å². The van der Waals surface area contributed by atoms with Gasteiger partial charge in [-0.05, 0) is 19.8 Å². The van der Waals surface area contributed by atoms with Gasteiger partial charge in [-0.25, -0.2) is 4.79 Å². The van der Waals surface area contributed by atoms with Crippen LogP contribution in [0.4, 0.5) is 0 Å². The van der Waals surface area contributed by atoms with E-state index in [-0.39, 0.29) is 0 Å². The van der Waals surface area contributed by atoms with Crippen LogP contribution in [0.3, 0.4) is 0 Å². The average molecular weight is 142 g/mol. The first kappa shape index (κ1) is 9.21. The summed E-state index contributed by atoms with van der Waals surface area (Å²) in [4.78, 5) is 10.4. The SMILES string of the molecule is C/C(C(=O)O)=C(/C)C(C)C. The predicted molar refractivity (Wildman–Crippen MR) is 40.8 cm³/mol. The molecule has 0 aromatic heterocycles. The molecule has 0 heterocycles. The lowest BCUT2D eigenvalue weighted by Gasteiger charge is -2.06. The van der Waals surface area contributed by atoms with Crippen molar-refractivity contribution in [2.45, 2.75) is 27.7 Å². The van der Waals surface area contributed by atoms with E-state index in [0.29, 0.717) is 11.5 Å². The van der Waals surface area contributed by atoms with Crippen LogP contribution in [-0.4, -0.2) is 11.1 Å². The molecular formula is C8H14O2. The van der Waals surface area contributed by atoms with Crippen molar-refractivity contribution >= 4 is 5.97 Å². The van der Waals surface area contributed by atoms with Gasteiger partial charge in [-0.15, -0.1) is 0 Å². The van der Waals surface area contributed by atoms with E-state index >= 15 is 0 Å². The summed E-state index contributed by atoms with van der Waals surface area (Å²) in [5, 5.41) is 8.54. The third-order valence-electron chi connectivity index (χ3n) is 1.78. The lowest BCUT2D eigenvalue weighted by atomic mass is 10.0. The summed E-state index contributed by atoms with van der Waals surface area (Å²) in [6.45, 7) is 7.47. The molecule has 0 fully saturated rings. The van der Waals surface area contributed by atoms with Gasteiger partial charge in [0.2, 0.25) is 0 Å². The predicted octanol–water partition coefficient (Wildman–Crippen LogP) is 2.06. The molecule has 0 unspecified atom stereocenters. The zero-order valence-corrected chi connectivity index (χ0v) is 6.93. The average Bonchev–Trinajstić information content (AvgIpc) is 1.84. The Kier molecular flexibility index (Phi) is 3.13. The Morgan fingerprint density at radius 1 is 1.30 bits per heavy atom. The van der Waals surface area contributed by atoms with Crippen LogP contribution in [0, 0.1) is 5.92 Å². The van der Waals surface area contributed by atoms with E-state index in [9.17, 15) is 4.79 Å². The number of carboxylic acids is 1. The third kappa shape index (κ3) is 2.21. The first-order valence-electron chi connectivity index (χ1n) is 3.37. The van der Waals surface area contributed by atoms with Crippen LogP contribution in [0.15, 0.2) is 11.1 Å². The number of rotatable bonds is 2. The topological polar surface area (TPSA) is 37.3 Å². The fourth-order valence-electron chi connectivity index (χ4n) is 0.602. The fraction of sp³-hybridized carbons (Fsp3) is 0.625. The van der Waals surface area contributed by atoms with E-state index in [4.69, 9.17) is 5.11 Å². The molecule has 58 valence electrons. The summed E-state index contributed by atoms with van der Waals surface area (Å²) in [6.07, 6.45) is 0. The van der Waals surface area contributed by atoms with Gasteiger partial charge in [-0.1, -0.05) is 19.4 Å². The summed E-state index contributed by atoms with van der Waals surface area (Å²) in [5.74, 6) is -0.484. The Morgan fingerprint density at radius 3 is 1.80 bits per heavy atom. The Bertz CT molecular complexity index is 166. The van der Waals surface area contributed by atoms with E-state index in [0.717, 1.165) is 5.57 Å². The minimum absolute atomic E-state index is 0.330. The van der Waals surface area contributed by atoms with Gasteiger partial charge in [0.05, 0.1) is 0 Å². The highest BCUT2D eigenvalue weighted by atomic mass is 16.4. The number of aliphatic carboxylic acids is 1. The summed E-state index contributed by atoms with van der Waals surface area (Å²) in [6, 6.07) is 0. The highest BCUT2D eigenvalue weighted by Crippen LogP contribution is 2.13. The van der Waals surface area contributed by atoms with Crippen LogP contribution in [0.1, 0.15) is 27.7 Å². The Morgan fingerprint density at radius 2 is 1.70 bits per heavy atom. The Balaban J connectivity index is 4.50. The molecule has 2 nitrogen and oxygen atoms in total. The normalized spacial score (nSPS) is 13.3. The summed E-state index contributed by atoms with van der Waals surface area (Å²) >= 11 is 0. The standard InChI is InChI=1S/C8H14O2/c1-5(2)6(3)7(4)8(9)10/h5H,1-4H3,(H,9,10)/b7-6+. The first-order valence-corrected chi connectivity index (χ1v) is 3.37.